The van der Waals surface area contributed by atoms with E-state index in [0.717, 1.165) is 15.4 Å². The monoisotopic (exact) mass is 888 g/mol. The Bertz CT molecular complexity index is 3240. The Kier molecular flexibility index (Phi) is 10.6. The summed E-state index contributed by atoms with van der Waals surface area (Å²) >= 11 is 0. The average Bonchev–Trinajstić information content (AvgIpc) is 3.72. The normalized spacial score (nSPS) is 13.1. The van der Waals surface area contributed by atoms with E-state index in [9.17, 15) is 19.2 Å². The van der Waals surface area contributed by atoms with Gasteiger partial charge in [-0.25, -0.2) is 4.90 Å². The largest absolute Gasteiger partial charge is 0.457 e. The SMILES string of the molecule is Cc1ccc(Oc2cccc(Oc3ccc(N4C(=O)c5ccc(Oc6ccc(Oc7ccc8c(c7)C(=O)N(C)C8=O)cc6P(=O)(c6ccccc6)c6ccccc6)cc5C4=O)cc3)c2)cc1. The zero-order chi connectivity index (χ0) is 45.5. The molecule has 0 fully saturated rings. The number of anilines is 1. The van der Waals surface area contributed by atoms with Gasteiger partial charge >= 0.3 is 0 Å². The van der Waals surface area contributed by atoms with E-state index >= 15 is 4.57 Å². The molecule has 2 heterocycles. The number of nitrogens with zero attached hydrogens (tertiary/aromatic N) is 2. The molecular weight excluding hydrogens is 852 g/mol. The lowest BCUT2D eigenvalue weighted by molar-refractivity contribution is 0.0692. The number of amides is 4. The van der Waals surface area contributed by atoms with Gasteiger partial charge in [0.2, 0.25) is 0 Å². The second kappa shape index (κ2) is 16.9. The van der Waals surface area contributed by atoms with Crippen molar-refractivity contribution < 1.29 is 42.7 Å². The number of fused-ring (bicyclic) bond motifs is 2. The third kappa shape index (κ3) is 7.67. The number of carbonyl (C=O) groups excluding carboxylic acids is 4. The van der Waals surface area contributed by atoms with E-state index < -0.39 is 30.8 Å². The van der Waals surface area contributed by atoms with Crippen molar-refractivity contribution in [2.75, 3.05) is 11.9 Å². The van der Waals surface area contributed by atoms with Gasteiger partial charge in [0, 0.05) is 23.7 Å². The summed E-state index contributed by atoms with van der Waals surface area (Å²) in [6.45, 7) is 2.01. The molecule has 0 saturated heterocycles. The van der Waals surface area contributed by atoms with E-state index in [0.29, 0.717) is 50.3 Å². The molecule has 0 atom stereocenters. The molecule has 8 aromatic carbocycles. The van der Waals surface area contributed by atoms with Gasteiger partial charge in [0.1, 0.15) is 46.0 Å². The summed E-state index contributed by atoms with van der Waals surface area (Å²) in [6.07, 6.45) is 0. The number of aryl methyl sites for hydroxylation is 1. The van der Waals surface area contributed by atoms with Gasteiger partial charge < -0.3 is 23.5 Å². The summed E-state index contributed by atoms with van der Waals surface area (Å²) in [5.74, 6) is 1.47. The second-order valence-electron chi connectivity index (χ2n) is 15.6. The van der Waals surface area contributed by atoms with Crippen LogP contribution in [0.1, 0.15) is 47.0 Å². The van der Waals surface area contributed by atoms with E-state index in [-0.39, 0.29) is 39.5 Å². The van der Waals surface area contributed by atoms with Gasteiger partial charge in [0.25, 0.3) is 23.6 Å². The minimum Gasteiger partial charge on any atom is -0.457 e. The molecule has 12 heteroatoms. The zero-order valence-corrected chi connectivity index (χ0v) is 36.3. The number of imide groups is 2. The summed E-state index contributed by atoms with van der Waals surface area (Å²) in [6, 6.07) is 53.8. The molecule has 0 aliphatic carbocycles. The summed E-state index contributed by atoms with van der Waals surface area (Å²) < 4.78 is 40.8. The first-order chi connectivity index (χ1) is 32.0. The quantitative estimate of drug-likeness (QED) is 0.0869. The van der Waals surface area contributed by atoms with Gasteiger partial charge in [0.05, 0.1) is 33.2 Å². The first kappa shape index (κ1) is 41.5. The Balaban J connectivity index is 0.934. The fourth-order valence-corrected chi connectivity index (χ4v) is 10.7. The van der Waals surface area contributed by atoms with Crippen LogP contribution in [0.2, 0.25) is 0 Å². The van der Waals surface area contributed by atoms with Gasteiger partial charge in [-0.3, -0.25) is 24.1 Å². The Morgan fingerprint density at radius 3 is 1.44 bits per heavy atom. The molecule has 11 nitrogen and oxygen atoms in total. The molecule has 0 radical (unpaired) electrons. The Hall–Kier alpha value is -8.53. The molecule has 0 aromatic heterocycles. The smallest absolute Gasteiger partial charge is 0.266 e. The highest BCUT2D eigenvalue weighted by molar-refractivity contribution is 7.85. The van der Waals surface area contributed by atoms with E-state index in [1.54, 1.807) is 97.1 Å². The molecule has 0 bridgehead atoms. The predicted molar refractivity (Wildman–Crippen MR) is 251 cm³/mol. The molecular formula is C54H37N2O9P. The molecule has 0 saturated carbocycles. The molecule has 10 rings (SSSR count). The molecule has 4 amide bonds. The molecule has 0 spiro atoms. The first-order valence-corrected chi connectivity index (χ1v) is 22.6. The lowest BCUT2D eigenvalue weighted by atomic mass is 10.1. The maximum Gasteiger partial charge on any atom is 0.266 e. The van der Waals surface area contributed by atoms with E-state index in [2.05, 4.69) is 0 Å². The maximum absolute atomic E-state index is 15.9. The number of hydrogen-bond acceptors (Lipinski definition) is 9. The van der Waals surface area contributed by atoms with Crippen molar-refractivity contribution in [3.05, 3.63) is 216 Å². The van der Waals surface area contributed by atoms with Crippen LogP contribution in [0.3, 0.4) is 0 Å². The average molecular weight is 889 g/mol. The van der Waals surface area contributed by atoms with Crippen LogP contribution in [0.4, 0.5) is 5.69 Å². The van der Waals surface area contributed by atoms with Gasteiger partial charge in [-0.2, -0.15) is 0 Å². The molecule has 0 unspecified atom stereocenters. The van der Waals surface area contributed by atoms with Gasteiger partial charge in [-0.05, 0) is 110 Å². The van der Waals surface area contributed by atoms with Crippen LogP contribution in [-0.2, 0) is 4.57 Å². The van der Waals surface area contributed by atoms with Gasteiger partial charge in [-0.1, -0.05) is 84.4 Å². The topological polar surface area (TPSA) is 129 Å². The summed E-state index contributed by atoms with van der Waals surface area (Å²) in [4.78, 5) is 55.3. The van der Waals surface area contributed by atoms with E-state index in [1.807, 2.05) is 79.7 Å². The van der Waals surface area contributed by atoms with Crippen molar-refractivity contribution in [1.82, 2.24) is 4.90 Å². The van der Waals surface area contributed by atoms with E-state index in [1.165, 1.54) is 25.2 Å². The number of ether oxygens (including phenoxy) is 4. The number of rotatable bonds is 12. The minimum atomic E-state index is -3.71. The Labute approximate surface area is 379 Å². The predicted octanol–water partition coefficient (Wildman–Crippen LogP) is 10.8. The van der Waals surface area contributed by atoms with Crippen molar-refractivity contribution in [2.45, 2.75) is 6.92 Å². The number of hydrogen-bond donors (Lipinski definition) is 0. The second-order valence-corrected chi connectivity index (χ2v) is 18.4. The van der Waals surface area contributed by atoms with Crippen LogP contribution in [0.15, 0.2) is 188 Å². The third-order valence-electron chi connectivity index (χ3n) is 11.3. The lowest BCUT2D eigenvalue weighted by Crippen LogP contribution is -2.29. The molecule has 66 heavy (non-hydrogen) atoms. The number of carbonyl (C=O) groups is 4. The molecule has 0 N–H and O–H groups in total. The first-order valence-electron chi connectivity index (χ1n) is 20.9. The van der Waals surface area contributed by atoms with Crippen molar-refractivity contribution in [2.24, 2.45) is 0 Å². The van der Waals surface area contributed by atoms with Crippen LogP contribution in [0, 0.1) is 6.92 Å². The fourth-order valence-electron chi connectivity index (χ4n) is 7.92. The zero-order valence-electron chi connectivity index (χ0n) is 35.4. The minimum absolute atomic E-state index is 0.134. The molecule has 2 aliphatic rings. The Morgan fingerprint density at radius 1 is 0.394 bits per heavy atom. The highest BCUT2D eigenvalue weighted by Gasteiger charge is 2.38. The summed E-state index contributed by atoms with van der Waals surface area (Å²) in [5, 5.41) is 1.36. The van der Waals surface area contributed by atoms with Crippen LogP contribution in [0.5, 0.6) is 46.0 Å². The Morgan fingerprint density at radius 2 is 0.833 bits per heavy atom. The molecule has 322 valence electrons. The summed E-state index contributed by atoms with van der Waals surface area (Å²) in [5.41, 5.74) is 2.31. The highest BCUT2D eigenvalue weighted by atomic mass is 31.2. The van der Waals surface area contributed by atoms with Crippen molar-refractivity contribution in [1.29, 1.82) is 0 Å². The van der Waals surface area contributed by atoms with Crippen LogP contribution < -0.4 is 39.8 Å². The van der Waals surface area contributed by atoms with E-state index in [4.69, 9.17) is 18.9 Å². The van der Waals surface area contributed by atoms with Gasteiger partial charge in [-0.15, -0.1) is 0 Å². The van der Waals surface area contributed by atoms with Crippen LogP contribution in [-0.4, -0.2) is 35.6 Å². The van der Waals surface area contributed by atoms with Crippen LogP contribution in [0.25, 0.3) is 0 Å². The molecule has 8 aromatic rings. The third-order valence-corrected chi connectivity index (χ3v) is 14.4. The van der Waals surface area contributed by atoms with Gasteiger partial charge in [0.15, 0.2) is 7.14 Å². The standard InChI is InChI=1S/C54H37N2O9P/c1-34-16-20-36(21-17-34)62-38-10-9-11-39(30-38)63-37-22-18-35(19-23-37)56-53(59)46-28-25-41(32-48(46)54(56)60)65-49-29-26-42(64-40-24-27-45-47(31-40)52(58)55(2)51(45)57)33-50(49)66(61,43-12-5-3-6-13-43)44-14-7-4-8-15-44/h3-33H,1-2H3. The molecule has 2 aliphatic heterocycles. The van der Waals surface area contributed by atoms with Crippen molar-refractivity contribution in [3.8, 4) is 46.0 Å². The maximum atomic E-state index is 15.9. The van der Waals surface area contributed by atoms with Crippen LogP contribution >= 0.6 is 7.14 Å². The number of benzene rings is 8. The summed E-state index contributed by atoms with van der Waals surface area (Å²) in [7, 11) is -2.29. The van der Waals surface area contributed by atoms with Crippen molar-refractivity contribution in [3.63, 3.8) is 0 Å². The fraction of sp³-hybridized carbons (Fsp3) is 0.0370. The lowest BCUT2D eigenvalue weighted by Gasteiger charge is -2.23. The van der Waals surface area contributed by atoms with Crippen molar-refractivity contribution >= 4 is 52.4 Å². The highest BCUT2D eigenvalue weighted by Crippen LogP contribution is 2.47.